The van der Waals surface area contributed by atoms with Crippen LogP contribution in [0.1, 0.15) is 84.0 Å². The summed E-state index contributed by atoms with van der Waals surface area (Å²) in [6.45, 7) is 8.04. The fraction of sp³-hybridized carbons (Fsp3) is 0.952. The van der Waals surface area contributed by atoms with Crippen molar-refractivity contribution in [2.45, 2.75) is 101 Å². The molecule has 0 spiro atoms. The van der Waals surface area contributed by atoms with Gasteiger partial charge in [-0.05, 0) is 51.4 Å². The van der Waals surface area contributed by atoms with Crippen LogP contribution in [0.3, 0.4) is 0 Å². The van der Waals surface area contributed by atoms with Gasteiger partial charge in [0.2, 0.25) is 5.78 Å². The van der Waals surface area contributed by atoms with Crippen molar-refractivity contribution in [2.24, 2.45) is 0 Å². The summed E-state index contributed by atoms with van der Waals surface area (Å²) in [4.78, 5) is 2.92. The van der Waals surface area contributed by atoms with E-state index in [0.717, 1.165) is 17.1 Å². The zero-order valence-electron chi connectivity index (χ0n) is 16.3. The second kappa shape index (κ2) is 6.70. The summed E-state index contributed by atoms with van der Waals surface area (Å²) in [6, 6.07) is 0. The standard InChI is InChI=1S/C21H38N3P/c1-18-23-16-8-14-22-15-9-17-24(21(22)23)25(18,19-10-4-2-5-11-19)20-12-6-3-7-13-20/h18-20H,2-17H2,1H3/q+2/t18-/m1/s1. The first-order chi connectivity index (χ1) is 12.3. The Balaban J connectivity index is 1.62. The molecule has 5 rings (SSSR count). The van der Waals surface area contributed by atoms with Crippen molar-refractivity contribution < 1.29 is 4.58 Å². The van der Waals surface area contributed by atoms with Gasteiger partial charge in [-0.25, -0.2) is 4.90 Å². The number of guanidine groups is 1. The minimum absolute atomic E-state index is 0.842. The van der Waals surface area contributed by atoms with Gasteiger partial charge in [-0.3, -0.25) is 4.58 Å². The van der Waals surface area contributed by atoms with Crippen molar-refractivity contribution in [1.82, 2.24) is 9.57 Å². The normalized spacial score (nSPS) is 33.7. The van der Waals surface area contributed by atoms with Crippen molar-refractivity contribution in [3.05, 3.63) is 0 Å². The molecule has 3 aliphatic heterocycles. The molecule has 1 atom stereocenters. The average Bonchev–Trinajstić information content (AvgIpc) is 2.95. The molecule has 1 saturated heterocycles. The van der Waals surface area contributed by atoms with Crippen LogP contribution in [-0.4, -0.2) is 63.4 Å². The van der Waals surface area contributed by atoms with Crippen LogP contribution in [0.2, 0.25) is 0 Å². The zero-order chi connectivity index (χ0) is 16.9. The van der Waals surface area contributed by atoms with Crippen molar-refractivity contribution in [3.8, 4) is 0 Å². The van der Waals surface area contributed by atoms with Crippen LogP contribution in [-0.2, 0) is 0 Å². The molecule has 0 aromatic carbocycles. The lowest BCUT2D eigenvalue weighted by molar-refractivity contribution is -0.547. The molecule has 0 aromatic rings. The van der Waals surface area contributed by atoms with Gasteiger partial charge < -0.3 is 0 Å². The number of rotatable bonds is 2. The van der Waals surface area contributed by atoms with E-state index in [2.05, 4.69) is 21.1 Å². The minimum atomic E-state index is -1.11. The smallest absolute Gasteiger partial charge is 0.262 e. The van der Waals surface area contributed by atoms with Crippen LogP contribution < -0.4 is 0 Å². The first-order valence-electron chi connectivity index (χ1n) is 11.4. The molecule has 0 aromatic heterocycles. The Morgan fingerprint density at radius 2 is 1.32 bits per heavy atom. The molecule has 140 valence electrons. The van der Waals surface area contributed by atoms with Crippen LogP contribution >= 0.6 is 7.41 Å². The maximum Gasteiger partial charge on any atom is 0.388 e. The minimum Gasteiger partial charge on any atom is -0.262 e. The van der Waals surface area contributed by atoms with Crippen LogP contribution in [0.25, 0.3) is 0 Å². The van der Waals surface area contributed by atoms with E-state index in [0.29, 0.717) is 0 Å². The van der Waals surface area contributed by atoms with E-state index in [1.165, 1.54) is 77.5 Å². The van der Waals surface area contributed by atoms with Crippen molar-refractivity contribution in [1.29, 1.82) is 0 Å². The second-order valence-corrected chi connectivity index (χ2v) is 13.6. The van der Waals surface area contributed by atoms with E-state index in [4.69, 9.17) is 0 Å². The molecule has 5 aliphatic rings. The van der Waals surface area contributed by atoms with E-state index in [9.17, 15) is 0 Å². The van der Waals surface area contributed by atoms with E-state index < -0.39 is 7.41 Å². The molecule has 0 bridgehead atoms. The van der Waals surface area contributed by atoms with E-state index >= 15 is 0 Å². The van der Waals surface area contributed by atoms with Crippen LogP contribution in [0.5, 0.6) is 0 Å². The van der Waals surface area contributed by atoms with Crippen LogP contribution in [0.15, 0.2) is 0 Å². The van der Waals surface area contributed by atoms with Gasteiger partial charge in [-0.2, -0.15) is 0 Å². The van der Waals surface area contributed by atoms with E-state index in [1.807, 2.05) is 0 Å². The summed E-state index contributed by atoms with van der Waals surface area (Å²) < 4.78 is 5.92. The first kappa shape index (κ1) is 16.8. The van der Waals surface area contributed by atoms with Gasteiger partial charge in [-0.1, -0.05) is 12.8 Å². The summed E-state index contributed by atoms with van der Waals surface area (Å²) in [5.74, 6) is 2.56. The Morgan fingerprint density at radius 3 is 1.92 bits per heavy atom. The zero-order valence-corrected chi connectivity index (χ0v) is 17.2. The molecule has 3 nitrogen and oxygen atoms in total. The third-order valence-electron chi connectivity index (χ3n) is 8.18. The largest absolute Gasteiger partial charge is 0.388 e. The Hall–Kier alpha value is -0.300. The highest BCUT2D eigenvalue weighted by Crippen LogP contribution is 2.80. The summed E-state index contributed by atoms with van der Waals surface area (Å²) >= 11 is 0. The molecule has 3 heterocycles. The lowest BCUT2D eigenvalue weighted by atomic mass is 9.99. The summed E-state index contributed by atoms with van der Waals surface area (Å²) in [5, 5.41) is 0. The fourth-order valence-electron chi connectivity index (χ4n) is 7.25. The lowest BCUT2D eigenvalue weighted by Gasteiger charge is -2.43. The monoisotopic (exact) mass is 363 g/mol. The maximum atomic E-state index is 3.13. The van der Waals surface area contributed by atoms with Gasteiger partial charge in [0.25, 0.3) is 0 Å². The van der Waals surface area contributed by atoms with Gasteiger partial charge in [-0.15, -0.1) is 4.67 Å². The number of hydrogen-bond donors (Lipinski definition) is 0. The summed E-state index contributed by atoms with van der Waals surface area (Å²) in [7, 11) is -1.11. The van der Waals surface area contributed by atoms with Crippen molar-refractivity contribution >= 4 is 13.4 Å². The maximum absolute atomic E-state index is 3.13. The molecule has 0 amide bonds. The van der Waals surface area contributed by atoms with E-state index in [-0.39, 0.29) is 0 Å². The average molecular weight is 364 g/mol. The Labute approximate surface area is 155 Å². The molecule has 0 radical (unpaired) electrons. The second-order valence-electron chi connectivity index (χ2n) is 9.32. The van der Waals surface area contributed by atoms with Gasteiger partial charge in [0.15, 0.2) is 7.41 Å². The first-order valence-corrected chi connectivity index (χ1v) is 13.3. The Kier molecular flexibility index (Phi) is 4.51. The van der Waals surface area contributed by atoms with Crippen molar-refractivity contribution in [3.63, 3.8) is 0 Å². The molecule has 2 saturated carbocycles. The van der Waals surface area contributed by atoms with Gasteiger partial charge in [0, 0.05) is 19.8 Å². The predicted octanol–water partition coefficient (Wildman–Crippen LogP) is 4.72. The van der Waals surface area contributed by atoms with Crippen molar-refractivity contribution in [2.75, 3.05) is 26.2 Å². The highest BCUT2D eigenvalue weighted by molar-refractivity contribution is 7.76. The highest BCUT2D eigenvalue weighted by Gasteiger charge is 2.74. The van der Waals surface area contributed by atoms with Gasteiger partial charge >= 0.3 is 5.96 Å². The SMILES string of the molecule is C[C@@H]1N2CCC[N+]3=C2N(CCC3)[P+]1(C1CCCCC1)C1CCCCC1. The third-order valence-corrected chi connectivity index (χ3v) is 14.2. The summed E-state index contributed by atoms with van der Waals surface area (Å²) in [5.41, 5.74) is 2.11. The topological polar surface area (TPSA) is 9.49 Å². The molecule has 4 heteroatoms. The van der Waals surface area contributed by atoms with Crippen LogP contribution in [0.4, 0.5) is 0 Å². The predicted molar refractivity (Wildman–Crippen MR) is 108 cm³/mol. The molecule has 3 fully saturated rings. The quantitative estimate of drug-likeness (QED) is 0.518. The molecule has 0 N–H and O–H groups in total. The molecular weight excluding hydrogens is 325 g/mol. The third kappa shape index (κ3) is 2.43. The van der Waals surface area contributed by atoms with Crippen LogP contribution in [0, 0.1) is 0 Å². The molecule has 0 unspecified atom stereocenters. The molecule has 25 heavy (non-hydrogen) atoms. The lowest BCUT2D eigenvalue weighted by Crippen LogP contribution is -2.51. The van der Waals surface area contributed by atoms with Gasteiger partial charge in [0.1, 0.15) is 17.9 Å². The molecule has 2 aliphatic carbocycles. The number of hydrogen-bond acceptors (Lipinski definition) is 2. The van der Waals surface area contributed by atoms with Gasteiger partial charge in [0.05, 0.1) is 19.6 Å². The Bertz CT molecular complexity index is 511. The Morgan fingerprint density at radius 1 is 0.760 bits per heavy atom. The van der Waals surface area contributed by atoms with E-state index in [1.54, 1.807) is 31.6 Å². The summed E-state index contributed by atoms with van der Waals surface area (Å²) in [6.07, 6.45) is 18.0. The highest BCUT2D eigenvalue weighted by atomic mass is 31.2. The number of nitrogens with zero attached hydrogens (tertiary/aromatic N) is 3. The molecular formula is C21H38N3P+2. The fourth-order valence-corrected chi connectivity index (χ4v) is 14.3.